The fraction of sp³-hybridized carbons (Fsp3) is 0.429. The summed E-state index contributed by atoms with van der Waals surface area (Å²) in [5, 5.41) is 8.69. The number of esters is 1. The maximum atomic E-state index is 11.9. The first-order valence-electron chi connectivity index (χ1n) is 5.68. The molecule has 0 radical (unpaired) electrons. The van der Waals surface area contributed by atoms with E-state index in [0.29, 0.717) is 12.2 Å². The number of ether oxygens (including phenoxy) is 1. The molecule has 0 amide bonds. The molecule has 0 aromatic heterocycles. The van der Waals surface area contributed by atoms with Crippen LogP contribution in [0.2, 0.25) is 0 Å². The Morgan fingerprint density at radius 3 is 2.65 bits per heavy atom. The zero-order valence-corrected chi connectivity index (χ0v) is 10.5. The second-order valence-corrected chi connectivity index (χ2v) is 4.57. The highest BCUT2D eigenvalue weighted by molar-refractivity contribution is 5.78. The highest BCUT2D eigenvalue weighted by Crippen LogP contribution is 2.25. The lowest BCUT2D eigenvalue weighted by molar-refractivity contribution is -0.144. The smallest absolute Gasteiger partial charge is 0.316 e. The van der Waals surface area contributed by atoms with Gasteiger partial charge in [-0.3, -0.25) is 4.79 Å². The Hall–Kier alpha value is -1.82. The molecule has 0 heterocycles. The standard InChI is InChI=1S/C14H17NO2/c1-4-14(2,3)13(16)17-12-8-6-5-7-11(12)9-10-15/h5-8H,4,9H2,1-3H3. The Morgan fingerprint density at radius 1 is 1.41 bits per heavy atom. The van der Waals surface area contributed by atoms with Crippen LogP contribution in [0.5, 0.6) is 5.75 Å². The lowest BCUT2D eigenvalue weighted by Crippen LogP contribution is -2.28. The molecule has 0 spiro atoms. The van der Waals surface area contributed by atoms with Crippen molar-refractivity contribution in [2.45, 2.75) is 33.6 Å². The number of hydrogen-bond acceptors (Lipinski definition) is 3. The molecule has 1 aromatic carbocycles. The molecule has 17 heavy (non-hydrogen) atoms. The Balaban J connectivity index is 2.89. The summed E-state index contributed by atoms with van der Waals surface area (Å²) < 4.78 is 5.36. The summed E-state index contributed by atoms with van der Waals surface area (Å²) in [5.74, 6) is 0.228. The van der Waals surface area contributed by atoms with Crippen LogP contribution in [-0.4, -0.2) is 5.97 Å². The zero-order valence-electron chi connectivity index (χ0n) is 10.5. The molecule has 3 nitrogen and oxygen atoms in total. The van der Waals surface area contributed by atoms with Crippen LogP contribution in [0.4, 0.5) is 0 Å². The number of carbonyl (C=O) groups excluding carboxylic acids is 1. The molecule has 0 saturated carbocycles. The summed E-state index contributed by atoms with van der Waals surface area (Å²) in [6, 6.07) is 9.20. The van der Waals surface area contributed by atoms with Gasteiger partial charge in [0.2, 0.25) is 0 Å². The van der Waals surface area contributed by atoms with Crippen LogP contribution >= 0.6 is 0 Å². The van der Waals surface area contributed by atoms with Gasteiger partial charge in [0, 0.05) is 5.56 Å². The molecule has 90 valence electrons. The van der Waals surface area contributed by atoms with Crippen molar-refractivity contribution in [1.82, 2.24) is 0 Å². The van der Waals surface area contributed by atoms with Crippen molar-refractivity contribution < 1.29 is 9.53 Å². The van der Waals surface area contributed by atoms with Crippen molar-refractivity contribution in [3.8, 4) is 11.8 Å². The quantitative estimate of drug-likeness (QED) is 0.591. The van der Waals surface area contributed by atoms with E-state index in [9.17, 15) is 4.79 Å². The highest BCUT2D eigenvalue weighted by atomic mass is 16.5. The third-order valence-electron chi connectivity index (χ3n) is 2.88. The van der Waals surface area contributed by atoms with E-state index in [1.807, 2.05) is 26.8 Å². The molecule has 0 aliphatic rings. The number of nitrogens with zero attached hydrogens (tertiary/aromatic N) is 1. The number of nitriles is 1. The number of carbonyl (C=O) groups is 1. The number of para-hydroxylation sites is 1. The SMILES string of the molecule is CCC(C)(C)C(=O)Oc1ccccc1CC#N. The zero-order chi connectivity index (χ0) is 12.9. The molecule has 3 heteroatoms. The highest BCUT2D eigenvalue weighted by Gasteiger charge is 2.28. The van der Waals surface area contributed by atoms with E-state index in [2.05, 4.69) is 6.07 Å². The summed E-state index contributed by atoms with van der Waals surface area (Å²) in [6.45, 7) is 5.65. The summed E-state index contributed by atoms with van der Waals surface area (Å²) in [5.41, 5.74) is 0.245. The van der Waals surface area contributed by atoms with Crippen LogP contribution in [0.25, 0.3) is 0 Å². The van der Waals surface area contributed by atoms with Gasteiger partial charge in [0.25, 0.3) is 0 Å². The molecule has 0 N–H and O–H groups in total. The largest absolute Gasteiger partial charge is 0.426 e. The van der Waals surface area contributed by atoms with Crippen molar-refractivity contribution in [1.29, 1.82) is 5.26 Å². The van der Waals surface area contributed by atoms with E-state index < -0.39 is 5.41 Å². The molecule has 0 unspecified atom stereocenters. The molecular weight excluding hydrogens is 214 g/mol. The van der Waals surface area contributed by atoms with E-state index in [0.717, 1.165) is 5.56 Å². The summed E-state index contributed by atoms with van der Waals surface area (Å²) >= 11 is 0. The first-order valence-corrected chi connectivity index (χ1v) is 5.68. The average molecular weight is 231 g/mol. The van der Waals surface area contributed by atoms with Gasteiger partial charge in [-0.05, 0) is 26.3 Å². The number of hydrogen-bond donors (Lipinski definition) is 0. The van der Waals surface area contributed by atoms with Gasteiger partial charge in [-0.1, -0.05) is 25.1 Å². The van der Waals surface area contributed by atoms with Crippen molar-refractivity contribution >= 4 is 5.97 Å². The minimum absolute atomic E-state index is 0.246. The normalized spacial score (nSPS) is 10.7. The van der Waals surface area contributed by atoms with E-state index in [4.69, 9.17) is 10.00 Å². The van der Waals surface area contributed by atoms with Crippen LogP contribution in [-0.2, 0) is 11.2 Å². The van der Waals surface area contributed by atoms with Crippen LogP contribution in [0, 0.1) is 16.7 Å². The van der Waals surface area contributed by atoms with E-state index in [1.165, 1.54) is 0 Å². The minimum atomic E-state index is -0.500. The predicted molar refractivity (Wildman–Crippen MR) is 65.5 cm³/mol. The summed E-state index contributed by atoms with van der Waals surface area (Å²) in [6.07, 6.45) is 0.961. The van der Waals surface area contributed by atoms with Crippen molar-refractivity contribution in [3.05, 3.63) is 29.8 Å². The molecule has 1 aromatic rings. The lowest BCUT2D eigenvalue weighted by Gasteiger charge is -2.20. The fourth-order valence-electron chi connectivity index (χ4n) is 1.22. The van der Waals surface area contributed by atoms with Crippen LogP contribution in [0.1, 0.15) is 32.8 Å². The van der Waals surface area contributed by atoms with Crippen molar-refractivity contribution in [3.63, 3.8) is 0 Å². The second-order valence-electron chi connectivity index (χ2n) is 4.57. The maximum absolute atomic E-state index is 11.9. The third kappa shape index (κ3) is 3.32. The Bertz CT molecular complexity index is 444. The number of benzene rings is 1. The average Bonchev–Trinajstić information content (AvgIpc) is 2.32. The van der Waals surface area contributed by atoms with Crippen molar-refractivity contribution in [2.24, 2.45) is 5.41 Å². The molecule has 0 aliphatic carbocycles. The third-order valence-corrected chi connectivity index (χ3v) is 2.88. The Kier molecular flexibility index (Phi) is 4.28. The maximum Gasteiger partial charge on any atom is 0.316 e. The molecule has 0 saturated heterocycles. The molecule has 0 fully saturated rings. The van der Waals surface area contributed by atoms with E-state index in [1.54, 1.807) is 18.2 Å². The van der Waals surface area contributed by atoms with Gasteiger partial charge in [-0.2, -0.15) is 5.26 Å². The predicted octanol–water partition coefficient (Wildman–Crippen LogP) is 3.09. The van der Waals surface area contributed by atoms with Crippen LogP contribution < -0.4 is 4.74 Å². The van der Waals surface area contributed by atoms with E-state index >= 15 is 0 Å². The van der Waals surface area contributed by atoms with Gasteiger partial charge in [0.05, 0.1) is 17.9 Å². The van der Waals surface area contributed by atoms with Gasteiger partial charge < -0.3 is 4.74 Å². The van der Waals surface area contributed by atoms with Gasteiger partial charge in [-0.25, -0.2) is 0 Å². The summed E-state index contributed by atoms with van der Waals surface area (Å²) in [4.78, 5) is 11.9. The Morgan fingerprint density at radius 2 is 2.06 bits per heavy atom. The monoisotopic (exact) mass is 231 g/mol. The number of rotatable bonds is 4. The molecule has 0 bridgehead atoms. The van der Waals surface area contributed by atoms with Gasteiger partial charge in [0.15, 0.2) is 0 Å². The van der Waals surface area contributed by atoms with Crippen LogP contribution in [0.15, 0.2) is 24.3 Å². The molecular formula is C14H17NO2. The van der Waals surface area contributed by atoms with Gasteiger partial charge >= 0.3 is 5.97 Å². The topological polar surface area (TPSA) is 50.1 Å². The summed E-state index contributed by atoms with van der Waals surface area (Å²) in [7, 11) is 0. The Labute approximate surface area is 102 Å². The fourth-order valence-corrected chi connectivity index (χ4v) is 1.22. The lowest BCUT2D eigenvalue weighted by atomic mass is 9.90. The van der Waals surface area contributed by atoms with E-state index in [-0.39, 0.29) is 12.4 Å². The first kappa shape index (κ1) is 13.2. The van der Waals surface area contributed by atoms with Crippen LogP contribution in [0.3, 0.4) is 0 Å². The van der Waals surface area contributed by atoms with Gasteiger partial charge in [-0.15, -0.1) is 0 Å². The van der Waals surface area contributed by atoms with Crippen molar-refractivity contribution in [2.75, 3.05) is 0 Å². The van der Waals surface area contributed by atoms with Gasteiger partial charge in [0.1, 0.15) is 5.75 Å². The molecule has 0 atom stereocenters. The first-order chi connectivity index (χ1) is 8.01. The minimum Gasteiger partial charge on any atom is -0.426 e. The molecule has 0 aliphatic heterocycles. The molecule has 1 rings (SSSR count). The second kappa shape index (κ2) is 5.49.